The van der Waals surface area contributed by atoms with E-state index in [2.05, 4.69) is 14.9 Å². The number of pyridine rings is 1. The van der Waals surface area contributed by atoms with Crippen LogP contribution in [0.25, 0.3) is 22.4 Å². The lowest BCUT2D eigenvalue weighted by molar-refractivity contribution is -0.00571. The number of benzene rings is 1. The van der Waals surface area contributed by atoms with Crippen LogP contribution in [0, 0.1) is 12.7 Å². The number of nitrogens with zero attached hydrogens (tertiary/aromatic N) is 4. The second-order valence-corrected chi connectivity index (χ2v) is 7.29. The van der Waals surface area contributed by atoms with Crippen LogP contribution in [-0.4, -0.2) is 40.2 Å². The molecule has 3 heterocycles. The Labute approximate surface area is 164 Å². The van der Waals surface area contributed by atoms with Crippen molar-refractivity contribution in [1.82, 2.24) is 15.0 Å². The first-order chi connectivity index (χ1) is 13.5. The first-order valence-corrected chi connectivity index (χ1v) is 9.46. The fraction of sp³-hybridized carbons (Fsp3) is 0.318. The Hall–Kier alpha value is -2.86. The number of hydrogen-bond donors (Lipinski definition) is 0. The van der Waals surface area contributed by atoms with Crippen molar-refractivity contribution in [3.05, 3.63) is 60.3 Å². The van der Waals surface area contributed by atoms with E-state index in [0.717, 1.165) is 35.5 Å². The van der Waals surface area contributed by atoms with Crippen molar-refractivity contribution in [2.75, 3.05) is 18.0 Å². The van der Waals surface area contributed by atoms with Gasteiger partial charge in [-0.25, -0.2) is 14.4 Å². The van der Waals surface area contributed by atoms with Crippen molar-refractivity contribution in [2.45, 2.75) is 33.0 Å². The fourth-order valence-corrected chi connectivity index (χ4v) is 3.65. The Morgan fingerprint density at radius 1 is 1.04 bits per heavy atom. The number of ether oxygens (including phenoxy) is 1. The van der Waals surface area contributed by atoms with Gasteiger partial charge in [-0.05, 0) is 50.6 Å². The van der Waals surface area contributed by atoms with Crippen LogP contribution in [0.4, 0.5) is 10.3 Å². The minimum atomic E-state index is -0.289. The molecule has 0 amide bonds. The highest BCUT2D eigenvalue weighted by atomic mass is 19.1. The second kappa shape index (κ2) is 7.64. The van der Waals surface area contributed by atoms with E-state index >= 15 is 0 Å². The molecule has 0 unspecified atom stereocenters. The summed E-state index contributed by atoms with van der Waals surface area (Å²) < 4.78 is 19.7. The smallest absolute Gasteiger partial charge is 0.226 e. The molecule has 2 aromatic heterocycles. The van der Waals surface area contributed by atoms with Gasteiger partial charge in [0.25, 0.3) is 0 Å². The quantitative estimate of drug-likeness (QED) is 0.681. The molecule has 2 atom stereocenters. The van der Waals surface area contributed by atoms with Gasteiger partial charge in [0.2, 0.25) is 5.95 Å². The molecule has 1 aromatic carbocycles. The van der Waals surface area contributed by atoms with Crippen LogP contribution in [0.5, 0.6) is 0 Å². The van der Waals surface area contributed by atoms with Crippen LogP contribution in [-0.2, 0) is 4.74 Å². The second-order valence-electron chi connectivity index (χ2n) is 7.29. The molecule has 6 heteroatoms. The molecule has 4 rings (SSSR count). The average molecular weight is 378 g/mol. The maximum Gasteiger partial charge on any atom is 0.226 e. The van der Waals surface area contributed by atoms with Gasteiger partial charge in [-0.2, -0.15) is 0 Å². The van der Waals surface area contributed by atoms with Gasteiger partial charge in [-0.3, -0.25) is 4.98 Å². The molecular weight excluding hydrogens is 355 g/mol. The minimum Gasteiger partial charge on any atom is -0.372 e. The van der Waals surface area contributed by atoms with E-state index in [0.29, 0.717) is 11.6 Å². The number of morpholine rings is 1. The molecule has 0 radical (unpaired) electrons. The fourth-order valence-electron chi connectivity index (χ4n) is 3.65. The van der Waals surface area contributed by atoms with Gasteiger partial charge in [-0.15, -0.1) is 0 Å². The van der Waals surface area contributed by atoms with E-state index in [1.807, 2.05) is 45.2 Å². The number of aromatic nitrogens is 3. The first-order valence-electron chi connectivity index (χ1n) is 9.46. The molecule has 1 aliphatic rings. The lowest BCUT2D eigenvalue weighted by Gasteiger charge is -2.35. The highest BCUT2D eigenvalue weighted by Gasteiger charge is 2.25. The normalized spacial score (nSPS) is 19.6. The Balaban J connectivity index is 1.83. The zero-order valence-corrected chi connectivity index (χ0v) is 16.3. The van der Waals surface area contributed by atoms with Gasteiger partial charge in [0.1, 0.15) is 5.82 Å². The largest absolute Gasteiger partial charge is 0.372 e. The van der Waals surface area contributed by atoms with Crippen molar-refractivity contribution >= 4 is 5.95 Å². The Morgan fingerprint density at radius 2 is 1.82 bits per heavy atom. The Bertz CT molecular complexity index is 984. The third-order valence-corrected chi connectivity index (χ3v) is 4.78. The zero-order chi connectivity index (χ0) is 19.7. The molecule has 3 aromatic rings. The maximum absolute atomic E-state index is 13.9. The third kappa shape index (κ3) is 3.87. The van der Waals surface area contributed by atoms with Gasteiger partial charge in [0.15, 0.2) is 0 Å². The highest BCUT2D eigenvalue weighted by molar-refractivity contribution is 5.81. The van der Waals surface area contributed by atoms with E-state index in [1.165, 1.54) is 12.1 Å². The predicted molar refractivity (Wildman–Crippen MR) is 108 cm³/mol. The van der Waals surface area contributed by atoms with E-state index in [1.54, 1.807) is 12.3 Å². The van der Waals surface area contributed by atoms with Gasteiger partial charge >= 0.3 is 0 Å². The first kappa shape index (κ1) is 18.5. The average Bonchev–Trinajstić information content (AvgIpc) is 2.67. The summed E-state index contributed by atoms with van der Waals surface area (Å²) >= 11 is 0. The summed E-state index contributed by atoms with van der Waals surface area (Å²) in [5.41, 5.74) is 4.16. The predicted octanol–water partition coefficient (Wildman–Crippen LogP) is 4.27. The molecule has 0 aliphatic carbocycles. The number of rotatable bonds is 3. The summed E-state index contributed by atoms with van der Waals surface area (Å²) in [5.74, 6) is 0.346. The minimum absolute atomic E-state index is 0.104. The number of hydrogen-bond acceptors (Lipinski definition) is 5. The van der Waals surface area contributed by atoms with Gasteiger partial charge in [-0.1, -0.05) is 12.1 Å². The topological polar surface area (TPSA) is 51.1 Å². The molecule has 1 saturated heterocycles. The molecule has 0 N–H and O–H groups in total. The molecule has 144 valence electrons. The molecule has 1 fully saturated rings. The Morgan fingerprint density at radius 3 is 2.54 bits per heavy atom. The molecule has 1 aliphatic heterocycles. The monoisotopic (exact) mass is 378 g/mol. The van der Waals surface area contributed by atoms with Crippen LogP contribution in [0.1, 0.15) is 19.5 Å². The molecule has 0 saturated carbocycles. The van der Waals surface area contributed by atoms with Crippen molar-refractivity contribution in [2.24, 2.45) is 0 Å². The highest BCUT2D eigenvalue weighted by Crippen LogP contribution is 2.32. The number of halogens is 1. The third-order valence-electron chi connectivity index (χ3n) is 4.78. The van der Waals surface area contributed by atoms with E-state index in [-0.39, 0.29) is 18.0 Å². The van der Waals surface area contributed by atoms with Gasteiger partial charge in [0, 0.05) is 42.3 Å². The van der Waals surface area contributed by atoms with Crippen molar-refractivity contribution in [3.8, 4) is 22.4 Å². The molecule has 0 bridgehead atoms. The van der Waals surface area contributed by atoms with Gasteiger partial charge in [0.05, 0.1) is 17.9 Å². The standard InChI is InChI=1S/C22H23FN4O/c1-14-9-17(7-8-24-14)20-11-25-22(27-12-15(2)28-16(3)13-27)26-21(20)18-5-4-6-19(23)10-18/h4-11,15-16H,12-13H2,1-3H3/t15-,16+. The SMILES string of the molecule is Cc1cc(-c2cnc(N3C[C@@H](C)O[C@@H](C)C3)nc2-c2cccc(F)c2)ccn1. The van der Waals surface area contributed by atoms with Crippen molar-refractivity contribution in [3.63, 3.8) is 0 Å². The van der Waals surface area contributed by atoms with Crippen LogP contribution in [0.3, 0.4) is 0 Å². The van der Waals surface area contributed by atoms with E-state index in [4.69, 9.17) is 9.72 Å². The zero-order valence-electron chi connectivity index (χ0n) is 16.3. The number of anilines is 1. The van der Waals surface area contributed by atoms with Crippen molar-refractivity contribution in [1.29, 1.82) is 0 Å². The molecule has 0 spiro atoms. The van der Waals surface area contributed by atoms with Crippen LogP contribution in [0.15, 0.2) is 48.8 Å². The lowest BCUT2D eigenvalue weighted by atomic mass is 10.0. The summed E-state index contributed by atoms with van der Waals surface area (Å²) in [6.07, 6.45) is 3.79. The van der Waals surface area contributed by atoms with E-state index < -0.39 is 0 Å². The summed E-state index contributed by atoms with van der Waals surface area (Å²) in [5, 5.41) is 0. The van der Waals surface area contributed by atoms with Crippen LogP contribution in [0.2, 0.25) is 0 Å². The van der Waals surface area contributed by atoms with Gasteiger partial charge < -0.3 is 9.64 Å². The number of aryl methyl sites for hydroxylation is 1. The molecule has 5 nitrogen and oxygen atoms in total. The lowest BCUT2D eigenvalue weighted by Crippen LogP contribution is -2.46. The maximum atomic E-state index is 13.9. The summed E-state index contributed by atoms with van der Waals surface area (Å²) in [4.78, 5) is 15.9. The van der Waals surface area contributed by atoms with Crippen LogP contribution < -0.4 is 4.90 Å². The summed E-state index contributed by atoms with van der Waals surface area (Å²) in [6, 6.07) is 10.4. The van der Waals surface area contributed by atoms with Crippen molar-refractivity contribution < 1.29 is 9.13 Å². The molecular formula is C22H23FN4O. The van der Waals surface area contributed by atoms with E-state index in [9.17, 15) is 4.39 Å². The molecule has 28 heavy (non-hydrogen) atoms. The Kier molecular flexibility index (Phi) is 5.05. The summed E-state index contributed by atoms with van der Waals surface area (Å²) in [7, 11) is 0. The van der Waals surface area contributed by atoms with Crippen LogP contribution >= 0.6 is 0 Å². The summed E-state index contributed by atoms with van der Waals surface area (Å²) in [6.45, 7) is 7.48.